The monoisotopic (exact) mass is 446 g/mol. The third kappa shape index (κ3) is 5.37. The standard InChI is InChI=1S/C20H26N6O2S2/c1-6-26-15(10-28-17-13(4)8-7-9-14(17)5)22-25-20(26)29-11-16(27)21-19-24-23-18(30-19)12(2)3/h7-9,12H,6,10-11H2,1-5H3,(H,21,24,27). The van der Waals surface area contributed by atoms with E-state index in [1.165, 1.54) is 23.1 Å². The molecule has 2 aromatic heterocycles. The maximum Gasteiger partial charge on any atom is 0.236 e. The van der Waals surface area contributed by atoms with E-state index in [2.05, 4.69) is 25.7 Å². The number of aryl methyl sites for hydroxylation is 2. The van der Waals surface area contributed by atoms with E-state index in [-0.39, 0.29) is 17.6 Å². The Morgan fingerprint density at radius 1 is 1.20 bits per heavy atom. The van der Waals surface area contributed by atoms with Crippen LogP contribution in [0.15, 0.2) is 23.4 Å². The molecule has 8 nitrogen and oxygen atoms in total. The van der Waals surface area contributed by atoms with Crippen LogP contribution in [0.1, 0.15) is 48.6 Å². The van der Waals surface area contributed by atoms with Crippen molar-refractivity contribution < 1.29 is 9.53 Å². The van der Waals surface area contributed by atoms with Crippen molar-refractivity contribution >= 4 is 34.1 Å². The second-order valence-corrected chi connectivity index (χ2v) is 9.04. The predicted molar refractivity (Wildman–Crippen MR) is 119 cm³/mol. The van der Waals surface area contributed by atoms with Crippen molar-refractivity contribution in [1.29, 1.82) is 0 Å². The lowest BCUT2D eigenvalue weighted by Gasteiger charge is -2.12. The van der Waals surface area contributed by atoms with Gasteiger partial charge in [0.05, 0.1) is 5.75 Å². The van der Waals surface area contributed by atoms with E-state index in [9.17, 15) is 4.79 Å². The molecule has 3 aromatic rings. The number of ether oxygens (including phenoxy) is 1. The zero-order chi connectivity index (χ0) is 21.7. The number of hydrogen-bond donors (Lipinski definition) is 1. The van der Waals surface area contributed by atoms with Gasteiger partial charge in [-0.1, -0.05) is 55.1 Å². The fourth-order valence-corrected chi connectivity index (χ4v) is 4.40. The average molecular weight is 447 g/mol. The summed E-state index contributed by atoms with van der Waals surface area (Å²) >= 11 is 2.74. The minimum Gasteiger partial charge on any atom is -0.485 e. The fourth-order valence-electron chi connectivity index (χ4n) is 2.82. The number of aromatic nitrogens is 5. The summed E-state index contributed by atoms with van der Waals surface area (Å²) in [5.41, 5.74) is 2.17. The predicted octanol–water partition coefficient (Wildman–Crippen LogP) is 4.20. The van der Waals surface area contributed by atoms with Gasteiger partial charge in [-0.3, -0.25) is 10.1 Å². The van der Waals surface area contributed by atoms with Crippen molar-refractivity contribution in [2.45, 2.75) is 58.8 Å². The Balaban J connectivity index is 1.59. The van der Waals surface area contributed by atoms with Crippen LogP contribution in [0.3, 0.4) is 0 Å². The van der Waals surface area contributed by atoms with Gasteiger partial charge >= 0.3 is 0 Å². The molecule has 0 fully saturated rings. The maximum atomic E-state index is 12.3. The minimum atomic E-state index is -0.148. The maximum absolute atomic E-state index is 12.3. The number of thioether (sulfide) groups is 1. The highest BCUT2D eigenvalue weighted by Crippen LogP contribution is 2.25. The first-order valence-electron chi connectivity index (χ1n) is 9.76. The van der Waals surface area contributed by atoms with Crippen LogP contribution in [0.25, 0.3) is 0 Å². The summed E-state index contributed by atoms with van der Waals surface area (Å²) in [5.74, 6) is 1.95. The normalized spacial score (nSPS) is 11.1. The zero-order valence-corrected chi connectivity index (χ0v) is 19.4. The summed E-state index contributed by atoms with van der Waals surface area (Å²) < 4.78 is 7.98. The highest BCUT2D eigenvalue weighted by molar-refractivity contribution is 7.99. The summed E-state index contributed by atoms with van der Waals surface area (Å²) in [6.07, 6.45) is 0. The van der Waals surface area contributed by atoms with Gasteiger partial charge in [0.2, 0.25) is 11.0 Å². The van der Waals surface area contributed by atoms with Crippen LogP contribution in [0.2, 0.25) is 0 Å². The Labute approximate surface area is 184 Å². The number of carbonyl (C=O) groups is 1. The Morgan fingerprint density at radius 3 is 2.57 bits per heavy atom. The molecule has 1 amide bonds. The van der Waals surface area contributed by atoms with E-state index in [0.29, 0.717) is 23.4 Å². The lowest BCUT2D eigenvalue weighted by Crippen LogP contribution is -2.14. The molecule has 0 atom stereocenters. The van der Waals surface area contributed by atoms with Gasteiger partial charge in [-0.2, -0.15) is 0 Å². The molecule has 1 aromatic carbocycles. The van der Waals surface area contributed by atoms with Crippen LogP contribution in [0, 0.1) is 13.8 Å². The zero-order valence-electron chi connectivity index (χ0n) is 17.8. The molecule has 0 bridgehead atoms. The molecule has 3 rings (SSSR count). The molecule has 0 spiro atoms. The van der Waals surface area contributed by atoms with Crippen LogP contribution >= 0.6 is 23.1 Å². The van der Waals surface area contributed by atoms with E-state index >= 15 is 0 Å². The van der Waals surface area contributed by atoms with Crippen LogP contribution < -0.4 is 10.1 Å². The van der Waals surface area contributed by atoms with Gasteiger partial charge in [0.15, 0.2) is 11.0 Å². The van der Waals surface area contributed by atoms with Crippen LogP contribution in [0.5, 0.6) is 5.75 Å². The molecule has 0 unspecified atom stereocenters. The molecule has 30 heavy (non-hydrogen) atoms. The SMILES string of the molecule is CCn1c(COc2c(C)cccc2C)nnc1SCC(=O)Nc1nnc(C(C)C)s1. The molecule has 2 heterocycles. The van der Waals surface area contributed by atoms with Gasteiger partial charge in [0.1, 0.15) is 17.4 Å². The van der Waals surface area contributed by atoms with Gasteiger partial charge in [0.25, 0.3) is 0 Å². The molecule has 10 heteroatoms. The molecule has 160 valence electrons. The van der Waals surface area contributed by atoms with E-state index < -0.39 is 0 Å². The summed E-state index contributed by atoms with van der Waals surface area (Å²) in [4.78, 5) is 12.3. The topological polar surface area (TPSA) is 94.8 Å². The fraction of sp³-hybridized carbons (Fsp3) is 0.450. The van der Waals surface area contributed by atoms with E-state index in [4.69, 9.17) is 4.74 Å². The van der Waals surface area contributed by atoms with Crippen LogP contribution in [0.4, 0.5) is 5.13 Å². The van der Waals surface area contributed by atoms with E-state index in [0.717, 1.165) is 27.7 Å². The third-order valence-electron chi connectivity index (χ3n) is 4.38. The number of rotatable bonds is 9. The number of benzene rings is 1. The molecule has 0 saturated carbocycles. The van der Waals surface area contributed by atoms with Gasteiger partial charge in [0, 0.05) is 12.5 Å². The Morgan fingerprint density at radius 2 is 1.93 bits per heavy atom. The first-order chi connectivity index (χ1) is 14.4. The molecule has 0 saturated heterocycles. The summed E-state index contributed by atoms with van der Waals surface area (Å²) in [5, 5.41) is 21.5. The molecule has 0 radical (unpaired) electrons. The highest BCUT2D eigenvalue weighted by atomic mass is 32.2. The van der Waals surface area contributed by atoms with Crippen LogP contribution in [-0.2, 0) is 17.9 Å². The smallest absolute Gasteiger partial charge is 0.236 e. The van der Waals surface area contributed by atoms with Gasteiger partial charge in [-0.05, 0) is 31.9 Å². The second kappa shape index (κ2) is 10.0. The molecule has 0 aliphatic heterocycles. The molecule has 1 N–H and O–H groups in total. The summed E-state index contributed by atoms with van der Waals surface area (Å²) in [6, 6.07) is 6.06. The van der Waals surface area contributed by atoms with Crippen molar-refractivity contribution in [3.8, 4) is 5.75 Å². The number of amides is 1. The van der Waals surface area contributed by atoms with E-state index in [1.807, 2.05) is 57.4 Å². The molecule has 0 aliphatic rings. The van der Waals surface area contributed by atoms with Crippen molar-refractivity contribution in [3.05, 3.63) is 40.2 Å². The second-order valence-electron chi connectivity index (χ2n) is 7.09. The Bertz CT molecular complexity index is 994. The van der Waals surface area contributed by atoms with E-state index in [1.54, 1.807) is 0 Å². The van der Waals surface area contributed by atoms with Crippen LogP contribution in [-0.4, -0.2) is 36.6 Å². The Kier molecular flexibility index (Phi) is 7.43. The molecule has 0 aliphatic carbocycles. The van der Waals surface area contributed by atoms with Crippen molar-refractivity contribution in [2.75, 3.05) is 11.1 Å². The number of nitrogens with zero attached hydrogens (tertiary/aromatic N) is 5. The first-order valence-corrected chi connectivity index (χ1v) is 11.6. The number of nitrogens with one attached hydrogen (secondary N) is 1. The number of carbonyl (C=O) groups excluding carboxylic acids is 1. The van der Waals surface area contributed by atoms with Gasteiger partial charge in [-0.25, -0.2) is 0 Å². The van der Waals surface area contributed by atoms with Gasteiger partial charge < -0.3 is 9.30 Å². The molecular weight excluding hydrogens is 420 g/mol. The summed E-state index contributed by atoms with van der Waals surface area (Å²) in [7, 11) is 0. The van der Waals surface area contributed by atoms with Crippen molar-refractivity contribution in [2.24, 2.45) is 0 Å². The lowest BCUT2D eigenvalue weighted by atomic mass is 10.1. The Hall–Kier alpha value is -2.46. The summed E-state index contributed by atoms with van der Waals surface area (Å²) in [6.45, 7) is 11.2. The largest absolute Gasteiger partial charge is 0.485 e. The third-order valence-corrected chi connectivity index (χ3v) is 6.48. The lowest BCUT2D eigenvalue weighted by molar-refractivity contribution is -0.113. The quantitative estimate of drug-likeness (QED) is 0.492. The number of anilines is 1. The number of hydrogen-bond acceptors (Lipinski definition) is 8. The number of para-hydroxylation sites is 1. The van der Waals surface area contributed by atoms with Crippen molar-refractivity contribution in [1.82, 2.24) is 25.0 Å². The first kappa shape index (κ1) is 22.2. The van der Waals surface area contributed by atoms with Crippen molar-refractivity contribution in [3.63, 3.8) is 0 Å². The average Bonchev–Trinajstić information content (AvgIpc) is 3.32. The minimum absolute atomic E-state index is 0.148. The highest BCUT2D eigenvalue weighted by Gasteiger charge is 2.16. The van der Waals surface area contributed by atoms with Gasteiger partial charge in [-0.15, -0.1) is 20.4 Å². The molecular formula is C20H26N6O2S2.